The van der Waals surface area contributed by atoms with Gasteiger partial charge in [-0.2, -0.15) is 12.8 Å². The first-order valence-corrected chi connectivity index (χ1v) is 24.4. The van der Waals surface area contributed by atoms with E-state index >= 15 is 0 Å². The summed E-state index contributed by atoms with van der Waals surface area (Å²) in [5.74, 6) is 1.11. The van der Waals surface area contributed by atoms with Gasteiger partial charge in [0, 0.05) is 24.6 Å². The molecule has 0 aliphatic rings. The quantitative estimate of drug-likeness (QED) is 0.0151. The standard InChI is InChI=1S/C25H40N2O3S.C7H16.2C6H12O.C5H10.C2H6.CH3NO.K/c1-7-30-22(14-18(4)17(2)3)23(27)31-13-12-20(16-25(5,6)24(28)29)15-19-8-10-21(26)11-9-19;1-3-5-7-6-4-2;1-4-5(2)6(3)7;1-3-4-5-6(2)7;1-3-5-4-2;1-2;2-1-3;/h8-13,17-18,20,22,27H,7,14-16,26H2,1-6H3,(H,28,29);3-7H2,1-2H3;5H,4H2,1-3H3;3-5H2,1-2H3;1-5H2;1-2H3;1H,(H2,2,3);/q;;;;-2;;;+1/b13-12+,27-23?;;;;;;;. The Balaban J connectivity index is -0.000000158. The molecular formula is C52H99KN3O6S-. The monoisotopic (exact) mass is 933 g/mol. The van der Waals surface area contributed by atoms with Gasteiger partial charge in [0.2, 0.25) is 6.41 Å². The summed E-state index contributed by atoms with van der Waals surface area (Å²) < 4.78 is 5.83. The number of aliphatic carboxylic acids is 1. The zero-order chi connectivity index (χ0) is 49.5. The van der Waals surface area contributed by atoms with Crippen LogP contribution in [0.1, 0.15) is 199 Å². The maximum atomic E-state index is 11.7. The first kappa shape index (κ1) is 75.9. The molecule has 4 unspecified atom stereocenters. The Bertz CT molecular complexity index is 1200. The van der Waals surface area contributed by atoms with Crippen LogP contribution in [0.3, 0.4) is 0 Å². The molecule has 11 heteroatoms. The second-order valence-electron chi connectivity index (χ2n) is 16.3. The second-order valence-corrected chi connectivity index (χ2v) is 17.2. The van der Waals surface area contributed by atoms with Gasteiger partial charge < -0.3 is 40.0 Å². The summed E-state index contributed by atoms with van der Waals surface area (Å²) in [6.07, 6.45) is 18.3. The van der Waals surface area contributed by atoms with Crippen LogP contribution in [0, 0.1) is 48.3 Å². The number of carbonyl (C=O) groups excluding carboxylic acids is 3. The van der Waals surface area contributed by atoms with Crippen molar-refractivity contribution in [3.8, 4) is 0 Å². The van der Waals surface area contributed by atoms with E-state index in [9.17, 15) is 19.5 Å². The predicted molar refractivity (Wildman–Crippen MR) is 274 cm³/mol. The van der Waals surface area contributed by atoms with E-state index < -0.39 is 11.4 Å². The number of unbranched alkanes of at least 4 members (excludes halogenated alkanes) is 7. The van der Waals surface area contributed by atoms with Crippen LogP contribution in [0.15, 0.2) is 35.7 Å². The second kappa shape index (κ2) is 55.0. The molecule has 0 fully saturated rings. The number of nitrogens with one attached hydrogen (secondary N) is 1. The number of allylic oxidation sites excluding steroid dienone is 1. The Morgan fingerprint density at radius 3 is 1.65 bits per heavy atom. The van der Waals surface area contributed by atoms with Crippen molar-refractivity contribution in [1.82, 2.24) is 0 Å². The van der Waals surface area contributed by atoms with Crippen LogP contribution in [-0.2, 0) is 30.3 Å². The van der Waals surface area contributed by atoms with Crippen molar-refractivity contribution in [1.29, 1.82) is 5.41 Å². The van der Waals surface area contributed by atoms with Crippen molar-refractivity contribution in [2.24, 2.45) is 34.8 Å². The Morgan fingerprint density at radius 2 is 1.35 bits per heavy atom. The summed E-state index contributed by atoms with van der Waals surface area (Å²) in [5.41, 5.74) is 10.9. The molecule has 0 aromatic heterocycles. The van der Waals surface area contributed by atoms with Gasteiger partial charge in [-0.1, -0.05) is 138 Å². The van der Waals surface area contributed by atoms with E-state index in [0.717, 1.165) is 56.9 Å². The van der Waals surface area contributed by atoms with E-state index in [1.165, 1.54) is 50.3 Å². The largest absolute Gasteiger partial charge is 1.00 e. The number of Topliss-reactive ketones (excluding diaryl/α,β-unsaturated/α-hetero) is 2. The minimum absolute atomic E-state index is 0. The molecule has 0 bridgehead atoms. The maximum Gasteiger partial charge on any atom is 1.00 e. The van der Waals surface area contributed by atoms with Gasteiger partial charge in [-0.25, -0.2) is 0 Å². The summed E-state index contributed by atoms with van der Waals surface area (Å²) >= 11 is 1.36. The molecule has 6 N–H and O–H groups in total. The average molecular weight is 934 g/mol. The van der Waals surface area contributed by atoms with Crippen molar-refractivity contribution in [2.45, 2.75) is 206 Å². The Morgan fingerprint density at radius 1 is 0.873 bits per heavy atom. The molecule has 1 amide bonds. The summed E-state index contributed by atoms with van der Waals surface area (Å²) in [6.45, 7) is 37.7. The van der Waals surface area contributed by atoms with Crippen LogP contribution in [0.5, 0.6) is 0 Å². The van der Waals surface area contributed by atoms with E-state index in [1.54, 1.807) is 27.7 Å². The number of anilines is 1. The molecule has 1 aromatic carbocycles. The van der Waals surface area contributed by atoms with Gasteiger partial charge in [0.25, 0.3) is 0 Å². The molecule has 9 nitrogen and oxygen atoms in total. The van der Waals surface area contributed by atoms with Crippen molar-refractivity contribution >= 4 is 46.4 Å². The topological polar surface area (TPSA) is 174 Å². The third-order valence-electron chi connectivity index (χ3n) is 9.65. The Labute approximate surface area is 437 Å². The molecule has 0 aliphatic carbocycles. The summed E-state index contributed by atoms with van der Waals surface area (Å²) in [7, 11) is 0. The first-order chi connectivity index (χ1) is 29.1. The van der Waals surface area contributed by atoms with E-state index in [-0.39, 0.29) is 75.7 Å². The van der Waals surface area contributed by atoms with Gasteiger partial charge in [-0.15, -0.1) is 6.42 Å². The number of amides is 1. The number of carbonyl (C=O) groups is 4. The number of hydrogen-bond donors (Lipinski definition) is 4. The fourth-order valence-corrected chi connectivity index (χ4v) is 5.60. The van der Waals surface area contributed by atoms with Crippen molar-refractivity contribution in [3.63, 3.8) is 0 Å². The van der Waals surface area contributed by atoms with E-state index in [2.05, 4.69) is 61.1 Å². The SMILES string of the molecule is CC.CCC(C)C(C)=O.CCCCC(C)=O.CCCCCCC.CCOC(CC(C)C(C)C)C(=N)S/C=C/C(Cc1ccc(N)cc1)CC(C)(C)C(=O)O.NC=O.[CH2-]CCC[CH2-].[K+]. The molecule has 0 saturated carbocycles. The van der Waals surface area contributed by atoms with Gasteiger partial charge in [-0.05, 0) is 108 Å². The zero-order valence-electron chi connectivity index (χ0n) is 43.7. The number of hydrogen-bond acceptors (Lipinski definition) is 8. The van der Waals surface area contributed by atoms with Crippen LogP contribution in [0.4, 0.5) is 5.69 Å². The minimum Gasteiger partial charge on any atom is -0.481 e. The third kappa shape index (κ3) is 56.7. The van der Waals surface area contributed by atoms with Crippen LogP contribution in [-0.4, -0.2) is 46.8 Å². The molecule has 1 aromatic rings. The molecule has 0 saturated heterocycles. The number of ketones is 2. The molecule has 0 spiro atoms. The number of thioether (sulfide) groups is 1. The van der Waals surface area contributed by atoms with Gasteiger partial charge >= 0.3 is 57.4 Å². The number of rotatable bonds is 24. The van der Waals surface area contributed by atoms with Crippen molar-refractivity contribution < 1.29 is 80.4 Å². The molecule has 63 heavy (non-hydrogen) atoms. The number of nitrogen functional groups attached to an aromatic ring is 1. The molecule has 366 valence electrons. The van der Waals surface area contributed by atoms with Crippen molar-refractivity contribution in [2.75, 3.05) is 12.3 Å². The number of ether oxygens (including phenoxy) is 1. The van der Waals surface area contributed by atoms with Crippen LogP contribution < -0.4 is 62.9 Å². The van der Waals surface area contributed by atoms with Crippen LogP contribution in [0.2, 0.25) is 0 Å². The molecule has 0 heterocycles. The number of carboxylic acids is 1. The maximum absolute atomic E-state index is 11.7. The fourth-order valence-electron chi connectivity index (χ4n) is 4.84. The first-order valence-electron chi connectivity index (χ1n) is 23.5. The Hall–Kier alpha value is -1.34. The smallest absolute Gasteiger partial charge is 0.481 e. The summed E-state index contributed by atoms with van der Waals surface area (Å²) in [5, 5.41) is 20.5. The molecule has 4 atom stereocenters. The normalized spacial score (nSPS) is 12.0. The summed E-state index contributed by atoms with van der Waals surface area (Å²) in [4.78, 5) is 40.8. The van der Waals surface area contributed by atoms with Gasteiger partial charge in [0.05, 0.1) is 10.5 Å². The van der Waals surface area contributed by atoms with E-state index in [0.29, 0.717) is 47.2 Å². The number of primary amides is 1. The Kier molecular flexibility index (Phi) is 66.3. The van der Waals surface area contributed by atoms with Crippen molar-refractivity contribution in [3.05, 3.63) is 55.2 Å². The van der Waals surface area contributed by atoms with E-state index in [1.807, 2.05) is 70.4 Å². The predicted octanol–water partition coefficient (Wildman–Crippen LogP) is 11.6. The fraction of sp³-hybridized carbons (Fsp3) is 0.712. The third-order valence-corrected chi connectivity index (χ3v) is 10.5. The minimum atomic E-state index is -0.832. The van der Waals surface area contributed by atoms with Gasteiger partial charge in [0.15, 0.2) is 0 Å². The number of carboxylic acid groups (broad SMARTS) is 1. The number of nitrogens with two attached hydrogens (primary N) is 2. The van der Waals surface area contributed by atoms with Crippen LogP contribution >= 0.6 is 11.8 Å². The molecule has 1 rings (SSSR count). The van der Waals surface area contributed by atoms with Crippen LogP contribution in [0.25, 0.3) is 0 Å². The zero-order valence-corrected chi connectivity index (χ0v) is 47.6. The van der Waals surface area contributed by atoms with E-state index in [4.69, 9.17) is 20.7 Å². The average Bonchev–Trinajstić information content (AvgIpc) is 3.22. The molecule has 0 aliphatic heterocycles. The van der Waals surface area contributed by atoms with Gasteiger partial charge in [-0.3, -0.25) is 19.8 Å². The number of benzene rings is 1. The molecular weight excluding hydrogens is 834 g/mol. The molecule has 0 radical (unpaired) electrons. The van der Waals surface area contributed by atoms with Gasteiger partial charge in [0.1, 0.15) is 17.7 Å². The summed E-state index contributed by atoms with van der Waals surface area (Å²) in [6, 6.07) is 7.70.